The van der Waals surface area contributed by atoms with Crippen molar-refractivity contribution in [2.45, 2.75) is 85.5 Å². The third kappa shape index (κ3) is 6.72. The lowest BCUT2D eigenvalue weighted by molar-refractivity contribution is -0.144. The number of hydrogen-bond acceptors (Lipinski definition) is 6. The van der Waals surface area contributed by atoms with Crippen molar-refractivity contribution in [3.05, 3.63) is 111 Å². The van der Waals surface area contributed by atoms with E-state index in [1.54, 1.807) is 0 Å². The van der Waals surface area contributed by atoms with Gasteiger partial charge in [0.15, 0.2) is 0 Å². The molecule has 0 saturated heterocycles. The van der Waals surface area contributed by atoms with Crippen LogP contribution in [0.1, 0.15) is 88.8 Å². The number of fused-ring (bicyclic) bond motifs is 1. The first kappa shape index (κ1) is 32.9. The van der Waals surface area contributed by atoms with E-state index in [2.05, 4.69) is 26.0 Å². The van der Waals surface area contributed by atoms with Crippen LogP contribution in [0.4, 0.5) is 0 Å². The molecule has 0 fully saturated rings. The van der Waals surface area contributed by atoms with Gasteiger partial charge in [0, 0.05) is 24.0 Å². The standard InChI is InChI=1S/C40H44O6/c1-5-7-21-45-31(41)19-17-27-13-9-11-15-29-23-25(3)33(35(27)29)37-39(43)38(40(37)44)34-26(4)24-30-16-12-10-14-28(36(30)34)18-20-32(42)46-22-8-6-2/h9-15,23-24,43H,5-8,16-22H2,1-4H3. The molecule has 5 aliphatic carbocycles. The maximum atomic E-state index is 14.2. The number of aryl methyl sites for hydroxylation is 2. The Morgan fingerprint density at radius 3 is 2.20 bits per heavy atom. The second-order valence-electron chi connectivity index (χ2n) is 12.3. The Hall–Kier alpha value is -4.45. The van der Waals surface area contributed by atoms with Crippen LogP contribution in [0.3, 0.4) is 0 Å². The third-order valence-corrected chi connectivity index (χ3v) is 8.91. The summed E-state index contributed by atoms with van der Waals surface area (Å²) in [5, 5.41) is 11.7. The Labute approximate surface area is 272 Å². The number of ketones is 1. The van der Waals surface area contributed by atoms with Crippen molar-refractivity contribution < 1.29 is 29.0 Å². The van der Waals surface area contributed by atoms with E-state index in [0.29, 0.717) is 49.2 Å². The summed E-state index contributed by atoms with van der Waals surface area (Å²) in [5.41, 5.74) is 9.62. The molecule has 0 atom stereocenters. The van der Waals surface area contributed by atoms with Gasteiger partial charge in [0.25, 0.3) is 0 Å². The van der Waals surface area contributed by atoms with E-state index in [9.17, 15) is 19.5 Å². The number of carbonyl (C=O) groups is 3. The van der Waals surface area contributed by atoms with Gasteiger partial charge >= 0.3 is 11.9 Å². The number of allylic oxidation sites excluding steroid dienone is 11. The highest BCUT2D eigenvalue weighted by Crippen LogP contribution is 2.50. The number of aliphatic hydroxyl groups is 1. The molecule has 6 nitrogen and oxygen atoms in total. The number of esters is 2. The van der Waals surface area contributed by atoms with Crippen molar-refractivity contribution in [2.24, 2.45) is 0 Å². The molecule has 0 spiro atoms. The van der Waals surface area contributed by atoms with E-state index >= 15 is 0 Å². The summed E-state index contributed by atoms with van der Waals surface area (Å²) in [5.74, 6) is -0.681. The molecule has 0 unspecified atom stereocenters. The van der Waals surface area contributed by atoms with Crippen molar-refractivity contribution in [1.82, 2.24) is 0 Å². The van der Waals surface area contributed by atoms with E-state index < -0.39 is 0 Å². The first-order chi connectivity index (χ1) is 22.3. The average Bonchev–Trinajstić information content (AvgIpc) is 3.32. The van der Waals surface area contributed by atoms with E-state index in [0.717, 1.165) is 75.8 Å². The molecule has 0 amide bonds. The molecule has 0 radical (unpaired) electrons. The first-order valence-corrected chi connectivity index (χ1v) is 16.6. The van der Waals surface area contributed by atoms with Crippen molar-refractivity contribution in [1.29, 1.82) is 0 Å². The monoisotopic (exact) mass is 620 g/mol. The fourth-order valence-electron chi connectivity index (χ4n) is 6.57. The molecule has 46 heavy (non-hydrogen) atoms. The highest BCUT2D eigenvalue weighted by molar-refractivity contribution is 6.41. The van der Waals surface area contributed by atoms with Crippen LogP contribution in [0.5, 0.6) is 0 Å². The van der Waals surface area contributed by atoms with Gasteiger partial charge in [0.1, 0.15) is 5.76 Å². The van der Waals surface area contributed by atoms with Crippen LogP contribution >= 0.6 is 0 Å². The molecule has 0 aromatic carbocycles. The first-order valence-electron chi connectivity index (χ1n) is 16.6. The summed E-state index contributed by atoms with van der Waals surface area (Å²) < 4.78 is 10.8. The Morgan fingerprint density at radius 2 is 1.52 bits per heavy atom. The molecule has 0 aliphatic heterocycles. The number of ether oxygens (including phenoxy) is 2. The highest BCUT2D eigenvalue weighted by Gasteiger charge is 2.42. The van der Waals surface area contributed by atoms with Gasteiger partial charge in [-0.3, -0.25) is 14.4 Å². The zero-order valence-corrected chi connectivity index (χ0v) is 27.5. The van der Waals surface area contributed by atoms with Gasteiger partial charge in [-0.25, -0.2) is 0 Å². The van der Waals surface area contributed by atoms with Gasteiger partial charge in [-0.15, -0.1) is 0 Å². The minimum absolute atomic E-state index is 0.0101. The zero-order chi connectivity index (χ0) is 32.8. The van der Waals surface area contributed by atoms with Gasteiger partial charge in [-0.2, -0.15) is 0 Å². The zero-order valence-electron chi connectivity index (χ0n) is 27.5. The fourth-order valence-corrected chi connectivity index (χ4v) is 6.57. The van der Waals surface area contributed by atoms with Crippen LogP contribution in [0, 0.1) is 6.92 Å². The molecule has 0 bridgehead atoms. The summed E-state index contributed by atoms with van der Waals surface area (Å²) in [6.07, 6.45) is 13.9. The lowest BCUT2D eigenvalue weighted by atomic mass is 9.75. The quantitative estimate of drug-likeness (QED) is 0.137. The molecule has 0 heterocycles. The number of unbranched alkanes of at least 4 members (excludes halogenated alkanes) is 2. The van der Waals surface area contributed by atoms with Crippen LogP contribution < -0.4 is 0 Å². The van der Waals surface area contributed by atoms with Crippen LogP contribution in [0.25, 0.3) is 16.7 Å². The van der Waals surface area contributed by atoms with Crippen molar-refractivity contribution in [2.75, 3.05) is 13.2 Å². The summed E-state index contributed by atoms with van der Waals surface area (Å²) >= 11 is 0. The lowest BCUT2D eigenvalue weighted by Crippen LogP contribution is -2.24. The number of hydrogen-bond donors (Lipinski definition) is 1. The van der Waals surface area contributed by atoms with E-state index in [4.69, 9.17) is 9.47 Å². The van der Waals surface area contributed by atoms with Crippen molar-refractivity contribution in [3.63, 3.8) is 0 Å². The van der Waals surface area contributed by atoms with Crippen molar-refractivity contribution >= 4 is 23.3 Å². The Balaban J connectivity index is 1.49. The van der Waals surface area contributed by atoms with E-state index in [1.165, 1.54) is 0 Å². The van der Waals surface area contributed by atoms with Gasteiger partial charge in [-0.05, 0) is 90.5 Å². The fraction of sp³-hybridized carbons (Fsp3) is 0.375. The second-order valence-corrected chi connectivity index (χ2v) is 12.3. The largest absolute Gasteiger partial charge is 0.506 e. The number of aliphatic hydroxyl groups excluding tert-OH is 1. The average molecular weight is 621 g/mol. The number of rotatable bonds is 13. The van der Waals surface area contributed by atoms with Gasteiger partial charge in [0.05, 0.1) is 24.4 Å². The lowest BCUT2D eigenvalue weighted by Gasteiger charge is -2.27. The number of carbonyl (C=O) groups excluding carboxylic acids is 3. The van der Waals surface area contributed by atoms with Gasteiger partial charge < -0.3 is 14.6 Å². The Bertz CT molecular complexity index is 1710. The molecular weight excluding hydrogens is 576 g/mol. The summed E-state index contributed by atoms with van der Waals surface area (Å²) in [6, 6.07) is 9.90. The summed E-state index contributed by atoms with van der Waals surface area (Å²) in [7, 11) is 0. The van der Waals surface area contributed by atoms with Crippen LogP contribution in [-0.2, 0) is 30.3 Å². The maximum absolute atomic E-state index is 14.2. The molecule has 5 aliphatic rings. The van der Waals surface area contributed by atoms with E-state index in [-0.39, 0.29) is 36.3 Å². The summed E-state index contributed by atoms with van der Waals surface area (Å²) in [6.45, 7) is 8.88. The minimum atomic E-state index is -0.240. The summed E-state index contributed by atoms with van der Waals surface area (Å²) in [4.78, 5) is 39.1. The third-order valence-electron chi connectivity index (χ3n) is 8.91. The van der Waals surface area contributed by atoms with Crippen LogP contribution in [0.2, 0.25) is 0 Å². The molecular formula is C40H44O6. The molecule has 6 heteroatoms. The number of Topliss-reactive ketones (excluding diaryl/α,β-unsaturated/α-hetero) is 1. The predicted octanol–water partition coefficient (Wildman–Crippen LogP) is 8.79. The van der Waals surface area contributed by atoms with Gasteiger partial charge in [0.2, 0.25) is 5.78 Å². The Morgan fingerprint density at radius 1 is 0.848 bits per heavy atom. The molecule has 0 saturated carbocycles. The highest BCUT2D eigenvalue weighted by atomic mass is 16.5. The molecule has 0 aromatic heterocycles. The topological polar surface area (TPSA) is 89.9 Å². The van der Waals surface area contributed by atoms with Gasteiger partial charge in [-0.1, -0.05) is 81.3 Å². The van der Waals surface area contributed by atoms with E-state index in [1.807, 2.05) is 56.3 Å². The molecule has 5 rings (SSSR count). The maximum Gasteiger partial charge on any atom is 0.306 e. The molecule has 240 valence electrons. The molecule has 1 N–H and O–H groups in total. The normalized spacial score (nSPS) is 17.5. The van der Waals surface area contributed by atoms with Crippen LogP contribution in [-0.4, -0.2) is 36.0 Å². The second kappa shape index (κ2) is 14.8. The predicted molar refractivity (Wildman–Crippen MR) is 181 cm³/mol. The SMILES string of the molecule is CCCCOC(=O)CCC1=CC=CCC2=C1C(=C1C(=O)C(c3c(C)cc4ccccc(CCC(=O)OCCCC)c3-4)=C1O)C(C)=C2. The van der Waals surface area contributed by atoms with Crippen molar-refractivity contribution in [3.8, 4) is 11.1 Å². The van der Waals surface area contributed by atoms with Crippen LogP contribution in [0.15, 0.2) is 93.8 Å². The molecule has 0 aromatic rings. The Kier molecular flexibility index (Phi) is 10.6. The minimum Gasteiger partial charge on any atom is -0.506 e. The smallest absolute Gasteiger partial charge is 0.306 e.